The fourth-order valence-electron chi connectivity index (χ4n) is 2.41. The molecule has 0 aliphatic carbocycles. The first-order valence-electron chi connectivity index (χ1n) is 7.16. The number of fused-ring (bicyclic) bond motifs is 1. The van der Waals surface area contributed by atoms with Gasteiger partial charge in [0, 0.05) is 19.0 Å². The number of benzene rings is 2. The number of nitro groups is 1. The summed E-state index contributed by atoms with van der Waals surface area (Å²) < 4.78 is 13.1. The van der Waals surface area contributed by atoms with Crippen molar-refractivity contribution >= 4 is 22.4 Å². The number of anilines is 1. The maximum absolute atomic E-state index is 13.1. The lowest BCUT2D eigenvalue weighted by Crippen LogP contribution is -2.07. The second-order valence-corrected chi connectivity index (χ2v) is 5.30. The normalized spacial score (nSPS) is 10.9. The van der Waals surface area contributed by atoms with E-state index in [4.69, 9.17) is 0 Å². The van der Waals surface area contributed by atoms with Crippen LogP contribution < -0.4 is 5.32 Å². The van der Waals surface area contributed by atoms with Crippen LogP contribution in [0.25, 0.3) is 11.0 Å². The van der Waals surface area contributed by atoms with Crippen LogP contribution in [-0.2, 0) is 6.42 Å². The molecule has 0 radical (unpaired) electrons. The molecule has 0 bridgehead atoms. The summed E-state index contributed by atoms with van der Waals surface area (Å²) in [6.07, 6.45) is 0.543. The number of H-pyrrole nitrogens is 1. The topological polar surface area (TPSA) is 83.8 Å². The third-order valence-electron chi connectivity index (χ3n) is 3.52. The number of nitrogens with one attached hydrogen (secondary N) is 2. The zero-order chi connectivity index (χ0) is 16.4. The Morgan fingerprint density at radius 3 is 2.91 bits per heavy atom. The highest BCUT2D eigenvalue weighted by Gasteiger charge is 2.13. The monoisotopic (exact) mass is 314 g/mol. The van der Waals surface area contributed by atoms with Crippen LogP contribution in [0.4, 0.5) is 15.8 Å². The van der Waals surface area contributed by atoms with E-state index in [1.165, 1.54) is 18.2 Å². The standard InChI is InChI=1S/C16H15FN4O2/c1-10-2-4-13(15(8-10)21(22)23)18-7-6-16-19-12-5-3-11(17)9-14(12)20-16/h2-5,8-9,18H,6-7H2,1H3,(H,19,20). The van der Waals surface area contributed by atoms with Gasteiger partial charge in [0.15, 0.2) is 0 Å². The zero-order valence-electron chi connectivity index (χ0n) is 12.5. The van der Waals surface area contributed by atoms with Crippen LogP contribution >= 0.6 is 0 Å². The average molecular weight is 314 g/mol. The molecule has 0 spiro atoms. The highest BCUT2D eigenvalue weighted by molar-refractivity contribution is 5.75. The molecule has 0 fully saturated rings. The second-order valence-electron chi connectivity index (χ2n) is 5.30. The van der Waals surface area contributed by atoms with Crippen molar-refractivity contribution < 1.29 is 9.31 Å². The number of aromatic amines is 1. The van der Waals surface area contributed by atoms with Gasteiger partial charge in [0.2, 0.25) is 0 Å². The lowest BCUT2D eigenvalue weighted by molar-refractivity contribution is -0.384. The van der Waals surface area contributed by atoms with Crippen LogP contribution in [0.3, 0.4) is 0 Å². The average Bonchev–Trinajstić information content (AvgIpc) is 2.90. The van der Waals surface area contributed by atoms with Crippen molar-refractivity contribution in [2.75, 3.05) is 11.9 Å². The summed E-state index contributed by atoms with van der Waals surface area (Å²) in [7, 11) is 0. The lowest BCUT2D eigenvalue weighted by Gasteiger charge is -2.06. The van der Waals surface area contributed by atoms with Gasteiger partial charge in [0.1, 0.15) is 17.3 Å². The van der Waals surface area contributed by atoms with Crippen molar-refractivity contribution in [2.24, 2.45) is 0 Å². The van der Waals surface area contributed by atoms with E-state index >= 15 is 0 Å². The van der Waals surface area contributed by atoms with E-state index in [1.807, 2.05) is 13.0 Å². The number of nitrogens with zero attached hydrogens (tertiary/aromatic N) is 2. The minimum absolute atomic E-state index is 0.0525. The van der Waals surface area contributed by atoms with Gasteiger partial charge >= 0.3 is 0 Å². The van der Waals surface area contributed by atoms with Crippen molar-refractivity contribution in [1.82, 2.24) is 9.97 Å². The molecule has 23 heavy (non-hydrogen) atoms. The van der Waals surface area contributed by atoms with Gasteiger partial charge in [0.25, 0.3) is 5.69 Å². The summed E-state index contributed by atoms with van der Waals surface area (Å²) >= 11 is 0. The Morgan fingerprint density at radius 2 is 2.13 bits per heavy atom. The third kappa shape index (κ3) is 3.28. The van der Waals surface area contributed by atoms with E-state index in [1.54, 1.807) is 12.1 Å². The molecule has 0 aliphatic heterocycles. The first-order valence-corrected chi connectivity index (χ1v) is 7.16. The zero-order valence-corrected chi connectivity index (χ0v) is 12.5. The largest absolute Gasteiger partial charge is 0.379 e. The molecule has 1 heterocycles. The highest BCUT2D eigenvalue weighted by atomic mass is 19.1. The molecule has 0 unspecified atom stereocenters. The Kier molecular flexibility index (Phi) is 3.92. The summed E-state index contributed by atoms with van der Waals surface area (Å²) in [6.45, 7) is 2.29. The van der Waals surface area contributed by atoms with Gasteiger partial charge in [-0.15, -0.1) is 0 Å². The Labute approximate surface area is 131 Å². The summed E-state index contributed by atoms with van der Waals surface area (Å²) in [5.41, 5.74) is 2.70. The van der Waals surface area contributed by atoms with E-state index in [2.05, 4.69) is 15.3 Å². The van der Waals surface area contributed by atoms with Gasteiger partial charge in [-0.3, -0.25) is 10.1 Å². The molecule has 3 rings (SSSR count). The molecule has 0 saturated carbocycles. The molecular formula is C16H15FN4O2. The first-order chi connectivity index (χ1) is 11.0. The number of rotatable bonds is 5. The van der Waals surface area contributed by atoms with Crippen LogP contribution in [0.5, 0.6) is 0 Å². The van der Waals surface area contributed by atoms with Crippen molar-refractivity contribution in [2.45, 2.75) is 13.3 Å². The summed E-state index contributed by atoms with van der Waals surface area (Å²) in [5, 5.41) is 14.1. The van der Waals surface area contributed by atoms with E-state index in [0.717, 1.165) is 5.56 Å². The van der Waals surface area contributed by atoms with Gasteiger partial charge < -0.3 is 10.3 Å². The minimum atomic E-state index is -0.403. The van der Waals surface area contributed by atoms with Crippen molar-refractivity contribution in [1.29, 1.82) is 0 Å². The Hall–Kier alpha value is -2.96. The molecule has 0 atom stereocenters. The van der Waals surface area contributed by atoms with E-state index in [0.29, 0.717) is 35.5 Å². The van der Waals surface area contributed by atoms with Gasteiger partial charge in [-0.1, -0.05) is 6.07 Å². The summed E-state index contributed by atoms with van der Waals surface area (Å²) in [5.74, 6) is 0.383. The molecule has 0 aliphatic rings. The smallest absolute Gasteiger partial charge is 0.292 e. The Bertz CT molecular complexity index is 876. The number of imidazole rings is 1. The van der Waals surface area contributed by atoms with Gasteiger partial charge in [-0.05, 0) is 36.8 Å². The number of aryl methyl sites for hydroxylation is 1. The number of hydrogen-bond donors (Lipinski definition) is 2. The van der Waals surface area contributed by atoms with Crippen molar-refractivity contribution in [3.63, 3.8) is 0 Å². The molecule has 2 aromatic carbocycles. The molecule has 0 saturated heterocycles. The molecule has 6 nitrogen and oxygen atoms in total. The fraction of sp³-hybridized carbons (Fsp3) is 0.188. The first kappa shape index (κ1) is 15.0. The van der Waals surface area contributed by atoms with Crippen LogP contribution in [0.15, 0.2) is 36.4 Å². The molecular weight excluding hydrogens is 299 g/mol. The predicted molar refractivity (Wildman–Crippen MR) is 86.1 cm³/mol. The van der Waals surface area contributed by atoms with E-state index in [-0.39, 0.29) is 11.5 Å². The second kappa shape index (κ2) is 6.04. The molecule has 2 N–H and O–H groups in total. The molecule has 3 aromatic rings. The number of aromatic nitrogens is 2. The Balaban J connectivity index is 1.70. The molecule has 1 aromatic heterocycles. The lowest BCUT2D eigenvalue weighted by atomic mass is 10.2. The van der Waals surface area contributed by atoms with E-state index in [9.17, 15) is 14.5 Å². The highest BCUT2D eigenvalue weighted by Crippen LogP contribution is 2.25. The summed E-state index contributed by atoms with van der Waals surface area (Å²) in [6, 6.07) is 9.42. The molecule has 7 heteroatoms. The van der Waals surface area contributed by atoms with E-state index < -0.39 is 4.92 Å². The molecule has 0 amide bonds. The van der Waals surface area contributed by atoms with Crippen molar-refractivity contribution in [3.05, 3.63) is 63.7 Å². The predicted octanol–water partition coefficient (Wildman–Crippen LogP) is 3.57. The maximum atomic E-state index is 13.1. The van der Waals surface area contributed by atoms with Crippen LogP contribution in [0.2, 0.25) is 0 Å². The number of hydrogen-bond acceptors (Lipinski definition) is 4. The van der Waals surface area contributed by atoms with Crippen LogP contribution in [-0.4, -0.2) is 21.4 Å². The van der Waals surface area contributed by atoms with Gasteiger partial charge in [0.05, 0.1) is 16.0 Å². The van der Waals surface area contributed by atoms with Gasteiger partial charge in [-0.25, -0.2) is 9.37 Å². The summed E-state index contributed by atoms with van der Waals surface area (Å²) in [4.78, 5) is 18.1. The number of nitro benzene ring substituents is 1. The molecule has 118 valence electrons. The minimum Gasteiger partial charge on any atom is -0.379 e. The van der Waals surface area contributed by atoms with Crippen molar-refractivity contribution in [3.8, 4) is 0 Å². The number of halogens is 1. The third-order valence-corrected chi connectivity index (χ3v) is 3.52. The quantitative estimate of drug-likeness (QED) is 0.557. The Morgan fingerprint density at radius 1 is 1.30 bits per heavy atom. The fourth-order valence-corrected chi connectivity index (χ4v) is 2.41. The maximum Gasteiger partial charge on any atom is 0.292 e. The SMILES string of the molecule is Cc1ccc(NCCc2nc3ccc(F)cc3[nH]2)c([N+](=O)[O-])c1. The van der Waals surface area contributed by atoms with Crippen LogP contribution in [0, 0.1) is 22.9 Å². The van der Waals surface area contributed by atoms with Gasteiger partial charge in [-0.2, -0.15) is 0 Å². The van der Waals surface area contributed by atoms with Crippen LogP contribution in [0.1, 0.15) is 11.4 Å².